The highest BCUT2D eigenvalue weighted by Gasteiger charge is 2.41. The number of nitrogens with one attached hydrogen (secondary N) is 3. The van der Waals surface area contributed by atoms with Crippen LogP contribution in [0.4, 0.5) is 0 Å². The third kappa shape index (κ3) is 2.79. The minimum Gasteiger partial charge on any atom is -0.386 e. The van der Waals surface area contributed by atoms with Gasteiger partial charge in [-0.2, -0.15) is 9.82 Å². The molecule has 0 saturated heterocycles. The molecule has 2 rings (SSSR count). The van der Waals surface area contributed by atoms with Gasteiger partial charge in [-0.15, -0.1) is 0 Å². The number of aromatic nitrogens is 2. The smallest absolute Gasteiger partial charge is 0.244 e. The second kappa shape index (κ2) is 4.93. The van der Waals surface area contributed by atoms with Gasteiger partial charge in [-0.05, 0) is 31.6 Å². The van der Waals surface area contributed by atoms with E-state index < -0.39 is 15.6 Å². The highest BCUT2D eigenvalue weighted by atomic mass is 32.2. The Hall–Kier alpha value is -1.41. The molecule has 0 aromatic carbocycles. The number of amidine groups is 1. The van der Waals surface area contributed by atoms with E-state index in [1.54, 1.807) is 0 Å². The molecule has 1 aliphatic carbocycles. The van der Waals surface area contributed by atoms with Crippen LogP contribution in [0.25, 0.3) is 0 Å². The first kappa shape index (κ1) is 14.0. The van der Waals surface area contributed by atoms with Crippen molar-refractivity contribution < 1.29 is 8.42 Å². The lowest BCUT2D eigenvalue weighted by molar-refractivity contribution is 0.285. The summed E-state index contributed by atoms with van der Waals surface area (Å²) in [6.45, 7) is 2.12. The van der Waals surface area contributed by atoms with Crippen molar-refractivity contribution in [3.63, 3.8) is 0 Å². The predicted molar refractivity (Wildman–Crippen MR) is 71.2 cm³/mol. The Morgan fingerprint density at radius 1 is 1.58 bits per heavy atom. The van der Waals surface area contributed by atoms with Crippen molar-refractivity contribution >= 4 is 15.9 Å². The normalized spacial score (nSPS) is 28.2. The number of hydrogen-bond donors (Lipinski definition) is 4. The molecule has 1 fully saturated rings. The highest BCUT2D eigenvalue weighted by Crippen LogP contribution is 2.33. The quantitative estimate of drug-likeness (QED) is 0.477. The van der Waals surface area contributed by atoms with Gasteiger partial charge in [0.1, 0.15) is 10.7 Å². The van der Waals surface area contributed by atoms with Gasteiger partial charge < -0.3 is 5.73 Å². The van der Waals surface area contributed by atoms with Crippen molar-refractivity contribution in [2.24, 2.45) is 11.7 Å². The first-order chi connectivity index (χ1) is 8.86. The van der Waals surface area contributed by atoms with Crippen LogP contribution in [-0.4, -0.2) is 30.0 Å². The van der Waals surface area contributed by atoms with Crippen molar-refractivity contribution in [3.8, 4) is 0 Å². The van der Waals surface area contributed by atoms with E-state index in [2.05, 4.69) is 21.8 Å². The van der Waals surface area contributed by atoms with Crippen LogP contribution < -0.4 is 10.5 Å². The average molecular weight is 285 g/mol. The van der Waals surface area contributed by atoms with Crippen LogP contribution in [0.15, 0.2) is 17.3 Å². The fourth-order valence-electron chi connectivity index (χ4n) is 2.38. The van der Waals surface area contributed by atoms with Crippen LogP contribution in [0.2, 0.25) is 0 Å². The van der Waals surface area contributed by atoms with Gasteiger partial charge in [0, 0.05) is 6.20 Å². The van der Waals surface area contributed by atoms with Gasteiger partial charge in [-0.25, -0.2) is 8.42 Å². The Morgan fingerprint density at radius 3 is 2.68 bits per heavy atom. The number of nitrogens with zero attached hydrogens (tertiary/aromatic N) is 1. The number of hydrogen-bond acceptors (Lipinski definition) is 4. The van der Waals surface area contributed by atoms with Crippen molar-refractivity contribution in [1.82, 2.24) is 14.9 Å². The molecule has 1 saturated carbocycles. The van der Waals surface area contributed by atoms with Gasteiger partial charge in [-0.3, -0.25) is 10.5 Å². The van der Waals surface area contributed by atoms with Crippen LogP contribution in [0.3, 0.4) is 0 Å². The van der Waals surface area contributed by atoms with Gasteiger partial charge in [0.15, 0.2) is 0 Å². The lowest BCUT2D eigenvalue weighted by Gasteiger charge is -2.38. The molecule has 1 aromatic rings. The highest BCUT2D eigenvalue weighted by molar-refractivity contribution is 7.89. The molecular weight excluding hydrogens is 266 g/mol. The Kier molecular flexibility index (Phi) is 3.64. The van der Waals surface area contributed by atoms with E-state index in [1.807, 2.05) is 0 Å². The Labute approximate surface area is 112 Å². The van der Waals surface area contributed by atoms with Crippen molar-refractivity contribution in [3.05, 3.63) is 12.4 Å². The molecule has 8 heteroatoms. The summed E-state index contributed by atoms with van der Waals surface area (Å²) in [5.41, 5.74) is 4.69. The summed E-state index contributed by atoms with van der Waals surface area (Å²) >= 11 is 0. The Morgan fingerprint density at radius 2 is 2.21 bits per heavy atom. The van der Waals surface area contributed by atoms with Gasteiger partial charge in [0.05, 0.1) is 11.7 Å². The maximum atomic E-state index is 12.2. The van der Waals surface area contributed by atoms with E-state index >= 15 is 0 Å². The first-order valence-electron chi connectivity index (χ1n) is 6.23. The molecule has 1 aromatic heterocycles. The largest absolute Gasteiger partial charge is 0.386 e. The second-order valence-electron chi connectivity index (χ2n) is 5.22. The van der Waals surface area contributed by atoms with Gasteiger partial charge in [-0.1, -0.05) is 6.92 Å². The van der Waals surface area contributed by atoms with E-state index in [0.717, 1.165) is 12.8 Å². The zero-order valence-electron chi connectivity index (χ0n) is 10.8. The van der Waals surface area contributed by atoms with Crippen LogP contribution in [-0.2, 0) is 10.0 Å². The second-order valence-corrected chi connectivity index (χ2v) is 6.90. The molecule has 106 valence electrons. The van der Waals surface area contributed by atoms with Crippen LogP contribution in [0.1, 0.15) is 32.6 Å². The minimum atomic E-state index is -3.70. The molecule has 7 nitrogen and oxygen atoms in total. The van der Waals surface area contributed by atoms with Crippen LogP contribution >= 0.6 is 0 Å². The van der Waals surface area contributed by atoms with E-state index in [9.17, 15) is 8.42 Å². The number of aromatic amines is 1. The summed E-state index contributed by atoms with van der Waals surface area (Å²) in [4.78, 5) is 0.0618. The molecule has 5 N–H and O–H groups in total. The van der Waals surface area contributed by atoms with Crippen molar-refractivity contribution in [2.75, 3.05) is 0 Å². The molecule has 0 aliphatic heterocycles. The van der Waals surface area contributed by atoms with E-state index in [1.165, 1.54) is 12.4 Å². The third-order valence-corrected chi connectivity index (χ3v) is 5.26. The van der Waals surface area contributed by atoms with Crippen LogP contribution in [0, 0.1) is 11.3 Å². The summed E-state index contributed by atoms with van der Waals surface area (Å²) in [5, 5.41) is 13.8. The number of nitrogens with two attached hydrogens (primary N) is 1. The molecule has 1 aliphatic rings. The maximum Gasteiger partial charge on any atom is 0.244 e. The number of sulfonamides is 1. The topological polar surface area (TPSA) is 125 Å². The monoisotopic (exact) mass is 285 g/mol. The SMILES string of the molecule is CC1CCC(NS(=O)(=O)c2cn[nH]c2)(C(=N)N)CC1. The fraction of sp³-hybridized carbons (Fsp3) is 0.636. The molecule has 0 amide bonds. The van der Waals surface area contributed by atoms with E-state index in [-0.39, 0.29) is 10.7 Å². The van der Waals surface area contributed by atoms with E-state index in [4.69, 9.17) is 11.1 Å². The summed E-state index contributed by atoms with van der Waals surface area (Å²) in [5.74, 6) is 0.414. The number of H-pyrrole nitrogens is 1. The molecule has 0 atom stereocenters. The molecule has 1 heterocycles. The molecule has 0 spiro atoms. The average Bonchev–Trinajstić information content (AvgIpc) is 2.86. The van der Waals surface area contributed by atoms with Crippen molar-refractivity contribution in [1.29, 1.82) is 5.41 Å². The minimum absolute atomic E-state index is 0.0618. The Bertz CT molecular complexity index is 544. The summed E-state index contributed by atoms with van der Waals surface area (Å²) in [6.07, 6.45) is 5.37. The lowest BCUT2D eigenvalue weighted by atomic mass is 9.77. The van der Waals surface area contributed by atoms with Crippen LogP contribution in [0.5, 0.6) is 0 Å². The summed E-state index contributed by atoms with van der Waals surface area (Å²) in [7, 11) is -3.70. The zero-order chi connectivity index (χ0) is 14.1. The van der Waals surface area contributed by atoms with Gasteiger partial charge >= 0.3 is 0 Å². The number of rotatable bonds is 4. The Balaban J connectivity index is 2.25. The lowest BCUT2D eigenvalue weighted by Crippen LogP contribution is -2.58. The maximum absolute atomic E-state index is 12.2. The standard InChI is InChI=1S/C11H19N5O2S/c1-8-2-4-11(5-3-8,10(12)13)16-19(17,18)9-6-14-15-7-9/h6-8,16H,2-5H2,1H3,(H3,12,13)(H,14,15). The van der Waals surface area contributed by atoms with Gasteiger partial charge in [0.2, 0.25) is 10.0 Å². The molecule has 19 heavy (non-hydrogen) atoms. The molecule has 0 unspecified atom stereocenters. The first-order valence-corrected chi connectivity index (χ1v) is 7.71. The summed E-state index contributed by atoms with van der Waals surface area (Å²) in [6, 6.07) is 0. The molecular formula is C11H19N5O2S. The summed E-state index contributed by atoms with van der Waals surface area (Å²) < 4.78 is 27.1. The predicted octanol–water partition coefficient (Wildman–Crippen LogP) is 0.573. The fourth-order valence-corrected chi connectivity index (χ4v) is 3.73. The molecule has 0 bridgehead atoms. The van der Waals surface area contributed by atoms with E-state index in [0.29, 0.717) is 18.8 Å². The third-order valence-electron chi connectivity index (χ3n) is 3.76. The van der Waals surface area contributed by atoms with Gasteiger partial charge in [0.25, 0.3) is 0 Å². The van der Waals surface area contributed by atoms with Crippen molar-refractivity contribution in [2.45, 2.75) is 43.0 Å². The zero-order valence-corrected chi connectivity index (χ0v) is 11.6. The molecule has 0 radical (unpaired) electrons.